The Bertz CT molecular complexity index is 1030. The topological polar surface area (TPSA) is 44.4 Å². The van der Waals surface area contributed by atoms with Crippen LogP contribution in [0.5, 0.6) is 0 Å². The van der Waals surface area contributed by atoms with Crippen LogP contribution < -0.4 is 10.6 Å². The number of hydrogen-bond acceptors (Lipinski definition) is 2. The molecule has 0 aromatic heterocycles. The van der Waals surface area contributed by atoms with Gasteiger partial charge in [-0.2, -0.15) is 0 Å². The van der Waals surface area contributed by atoms with Gasteiger partial charge in [0.05, 0.1) is 6.04 Å². The zero-order valence-electron chi connectivity index (χ0n) is 17.8. The van der Waals surface area contributed by atoms with Gasteiger partial charge in [0.15, 0.2) is 5.11 Å². The lowest BCUT2D eigenvalue weighted by Gasteiger charge is -2.24. The standard InChI is InChI=1S/C25H27N3OS/c1-17-10-15-22(18(2)16-17)23(19-8-6-5-7-9-19)27-25(30)26-21-13-11-20(12-14-21)24(29)28(3)4/h5-16,23H,1-4H3,(H2,26,27,30). The average molecular weight is 418 g/mol. The predicted octanol–water partition coefficient (Wildman–Crippen LogP) is 5.08. The highest BCUT2D eigenvalue weighted by Gasteiger charge is 2.17. The molecule has 0 spiro atoms. The van der Waals surface area contributed by atoms with Gasteiger partial charge in [0.1, 0.15) is 0 Å². The summed E-state index contributed by atoms with van der Waals surface area (Å²) in [5, 5.41) is 7.22. The zero-order chi connectivity index (χ0) is 21.7. The van der Waals surface area contributed by atoms with Crippen LogP contribution in [0.2, 0.25) is 0 Å². The van der Waals surface area contributed by atoms with Crippen molar-refractivity contribution in [2.45, 2.75) is 19.9 Å². The molecular formula is C25H27N3OS. The number of nitrogens with zero attached hydrogens (tertiary/aromatic N) is 1. The van der Waals surface area contributed by atoms with Crippen molar-refractivity contribution in [2.75, 3.05) is 19.4 Å². The number of hydrogen-bond donors (Lipinski definition) is 2. The van der Waals surface area contributed by atoms with Crippen LogP contribution in [-0.4, -0.2) is 30.0 Å². The molecule has 3 aromatic rings. The SMILES string of the molecule is Cc1ccc(C(NC(=S)Nc2ccc(C(=O)N(C)C)cc2)c2ccccc2)c(C)c1. The minimum Gasteiger partial charge on any atom is -0.352 e. The van der Waals surface area contributed by atoms with Crippen molar-refractivity contribution in [1.29, 1.82) is 0 Å². The number of rotatable bonds is 5. The maximum atomic E-state index is 12.1. The second-order valence-corrected chi connectivity index (χ2v) is 7.99. The van der Waals surface area contributed by atoms with Crippen molar-refractivity contribution in [1.82, 2.24) is 10.2 Å². The number of anilines is 1. The van der Waals surface area contributed by atoms with E-state index in [1.807, 2.05) is 30.3 Å². The largest absolute Gasteiger partial charge is 0.352 e. The van der Waals surface area contributed by atoms with E-state index in [0.717, 1.165) is 11.3 Å². The summed E-state index contributed by atoms with van der Waals surface area (Å²) in [6.45, 7) is 4.22. The van der Waals surface area contributed by atoms with E-state index in [9.17, 15) is 4.79 Å². The normalized spacial score (nSPS) is 11.5. The average Bonchev–Trinajstić information content (AvgIpc) is 2.73. The van der Waals surface area contributed by atoms with Crippen LogP contribution in [0, 0.1) is 13.8 Å². The summed E-state index contributed by atoms with van der Waals surface area (Å²) in [5.41, 5.74) is 6.24. The molecule has 3 rings (SSSR count). The van der Waals surface area contributed by atoms with Gasteiger partial charge in [-0.25, -0.2) is 0 Å². The van der Waals surface area contributed by atoms with Crippen LogP contribution >= 0.6 is 12.2 Å². The Balaban J connectivity index is 1.79. The highest BCUT2D eigenvalue weighted by atomic mass is 32.1. The van der Waals surface area contributed by atoms with Gasteiger partial charge in [0, 0.05) is 25.3 Å². The summed E-state index contributed by atoms with van der Waals surface area (Å²) in [6.07, 6.45) is 0. The molecule has 4 nitrogen and oxygen atoms in total. The number of nitrogens with one attached hydrogen (secondary N) is 2. The third-order valence-corrected chi connectivity index (χ3v) is 5.16. The fourth-order valence-corrected chi connectivity index (χ4v) is 3.62. The fraction of sp³-hybridized carbons (Fsp3) is 0.200. The first-order valence-electron chi connectivity index (χ1n) is 9.86. The molecule has 30 heavy (non-hydrogen) atoms. The molecular weight excluding hydrogens is 390 g/mol. The lowest BCUT2D eigenvalue weighted by atomic mass is 9.94. The number of benzene rings is 3. The molecule has 0 radical (unpaired) electrons. The maximum absolute atomic E-state index is 12.1. The van der Waals surface area contributed by atoms with Crippen LogP contribution in [0.1, 0.15) is 38.7 Å². The Labute approximate surface area is 183 Å². The molecule has 0 bridgehead atoms. The Hall–Kier alpha value is -3.18. The molecule has 0 aliphatic carbocycles. The van der Waals surface area contributed by atoms with Gasteiger partial charge in [-0.1, -0.05) is 54.1 Å². The minimum atomic E-state index is -0.0682. The van der Waals surface area contributed by atoms with E-state index >= 15 is 0 Å². The van der Waals surface area contributed by atoms with E-state index in [0.29, 0.717) is 10.7 Å². The second-order valence-electron chi connectivity index (χ2n) is 7.58. The first kappa shape index (κ1) is 21.5. The third kappa shape index (κ3) is 5.24. The number of thiocarbonyl (C=S) groups is 1. The van der Waals surface area contributed by atoms with Gasteiger partial charge in [0.2, 0.25) is 0 Å². The van der Waals surface area contributed by atoms with E-state index in [1.165, 1.54) is 16.7 Å². The number of aryl methyl sites for hydroxylation is 2. The lowest BCUT2D eigenvalue weighted by Crippen LogP contribution is -2.33. The van der Waals surface area contributed by atoms with E-state index in [2.05, 4.69) is 54.8 Å². The maximum Gasteiger partial charge on any atom is 0.253 e. The molecule has 1 atom stereocenters. The molecule has 0 aliphatic heterocycles. The summed E-state index contributed by atoms with van der Waals surface area (Å²) >= 11 is 5.61. The predicted molar refractivity (Wildman–Crippen MR) is 128 cm³/mol. The number of amides is 1. The molecule has 0 saturated carbocycles. The van der Waals surface area contributed by atoms with Crippen LogP contribution in [-0.2, 0) is 0 Å². The third-order valence-electron chi connectivity index (χ3n) is 4.94. The van der Waals surface area contributed by atoms with Gasteiger partial charge in [0.25, 0.3) is 5.91 Å². The van der Waals surface area contributed by atoms with Crippen LogP contribution in [0.25, 0.3) is 0 Å². The summed E-state index contributed by atoms with van der Waals surface area (Å²) in [6, 6.07) is 24.0. The molecule has 154 valence electrons. The highest BCUT2D eigenvalue weighted by molar-refractivity contribution is 7.80. The first-order valence-corrected chi connectivity index (χ1v) is 10.3. The molecule has 0 aliphatic rings. The Kier molecular flexibility index (Phi) is 6.85. The Morgan fingerprint density at radius 3 is 2.20 bits per heavy atom. The molecule has 1 unspecified atom stereocenters. The van der Waals surface area contributed by atoms with Crippen molar-refractivity contribution in [3.05, 3.63) is 101 Å². The van der Waals surface area contributed by atoms with Crippen molar-refractivity contribution in [2.24, 2.45) is 0 Å². The van der Waals surface area contributed by atoms with E-state index in [1.54, 1.807) is 31.1 Å². The second kappa shape index (κ2) is 9.55. The summed E-state index contributed by atoms with van der Waals surface area (Å²) < 4.78 is 0. The zero-order valence-corrected chi connectivity index (χ0v) is 18.6. The first-order chi connectivity index (χ1) is 14.3. The van der Waals surface area contributed by atoms with E-state index in [-0.39, 0.29) is 11.9 Å². The quantitative estimate of drug-likeness (QED) is 0.568. The van der Waals surface area contributed by atoms with Crippen LogP contribution in [0.15, 0.2) is 72.8 Å². The summed E-state index contributed by atoms with van der Waals surface area (Å²) in [5.74, 6) is -0.0266. The summed E-state index contributed by atoms with van der Waals surface area (Å²) in [4.78, 5) is 13.6. The number of carbonyl (C=O) groups is 1. The lowest BCUT2D eigenvalue weighted by molar-refractivity contribution is 0.0827. The van der Waals surface area contributed by atoms with Crippen molar-refractivity contribution < 1.29 is 4.79 Å². The molecule has 2 N–H and O–H groups in total. The van der Waals surface area contributed by atoms with Gasteiger partial charge >= 0.3 is 0 Å². The van der Waals surface area contributed by atoms with Crippen molar-refractivity contribution >= 4 is 28.9 Å². The van der Waals surface area contributed by atoms with Crippen molar-refractivity contribution in [3.63, 3.8) is 0 Å². The Morgan fingerprint density at radius 1 is 0.933 bits per heavy atom. The molecule has 5 heteroatoms. The van der Waals surface area contributed by atoms with E-state index < -0.39 is 0 Å². The molecule has 0 fully saturated rings. The van der Waals surface area contributed by atoms with E-state index in [4.69, 9.17) is 12.2 Å². The molecule has 3 aromatic carbocycles. The molecule has 0 heterocycles. The van der Waals surface area contributed by atoms with Crippen LogP contribution in [0.4, 0.5) is 5.69 Å². The molecule has 1 amide bonds. The highest BCUT2D eigenvalue weighted by Crippen LogP contribution is 2.26. The minimum absolute atomic E-state index is 0.0266. The number of carbonyl (C=O) groups excluding carboxylic acids is 1. The van der Waals surface area contributed by atoms with Gasteiger partial charge < -0.3 is 15.5 Å². The van der Waals surface area contributed by atoms with Crippen molar-refractivity contribution in [3.8, 4) is 0 Å². The van der Waals surface area contributed by atoms with Gasteiger partial charge in [-0.15, -0.1) is 0 Å². The monoisotopic (exact) mass is 417 g/mol. The smallest absolute Gasteiger partial charge is 0.253 e. The summed E-state index contributed by atoms with van der Waals surface area (Å²) in [7, 11) is 3.48. The Morgan fingerprint density at radius 2 is 1.60 bits per heavy atom. The fourth-order valence-electron chi connectivity index (χ4n) is 3.39. The van der Waals surface area contributed by atoms with Crippen LogP contribution in [0.3, 0.4) is 0 Å². The van der Waals surface area contributed by atoms with Gasteiger partial charge in [-0.05, 0) is 67.0 Å². The van der Waals surface area contributed by atoms with Gasteiger partial charge in [-0.3, -0.25) is 4.79 Å². The molecule has 0 saturated heterocycles.